The van der Waals surface area contributed by atoms with Gasteiger partial charge in [-0.15, -0.1) is 0 Å². The quantitative estimate of drug-likeness (QED) is 0.730. The molecule has 0 spiro atoms. The number of aryl methyl sites for hydroxylation is 1. The molecular formula is C13H14O4. The van der Waals surface area contributed by atoms with Crippen molar-refractivity contribution in [3.8, 4) is 0 Å². The summed E-state index contributed by atoms with van der Waals surface area (Å²) in [6.07, 6.45) is -0.418. The Morgan fingerprint density at radius 1 is 1.53 bits per heavy atom. The molecule has 0 saturated carbocycles. The Balaban J connectivity index is 2.26. The van der Waals surface area contributed by atoms with Crippen LogP contribution in [-0.2, 0) is 20.7 Å². The molecule has 0 saturated heterocycles. The van der Waals surface area contributed by atoms with Gasteiger partial charge in [0.25, 0.3) is 0 Å². The number of carbonyl (C=O) groups is 2. The van der Waals surface area contributed by atoms with Crippen LogP contribution >= 0.6 is 0 Å². The van der Waals surface area contributed by atoms with E-state index in [4.69, 9.17) is 9.47 Å². The summed E-state index contributed by atoms with van der Waals surface area (Å²) in [5.74, 6) is -0.933. The lowest BCUT2D eigenvalue weighted by atomic mass is 9.97. The number of ether oxygens (including phenoxy) is 2. The first kappa shape index (κ1) is 11.6. The molecule has 1 atom stereocenters. The molecule has 1 unspecified atom stereocenters. The Bertz CT molecular complexity index is 464. The van der Waals surface area contributed by atoms with Crippen LogP contribution in [0.1, 0.15) is 28.4 Å². The van der Waals surface area contributed by atoms with Gasteiger partial charge in [-0.05, 0) is 25.5 Å². The van der Waals surface area contributed by atoms with Gasteiger partial charge in [0.2, 0.25) is 6.10 Å². The fourth-order valence-corrected chi connectivity index (χ4v) is 1.89. The highest BCUT2D eigenvalue weighted by molar-refractivity contribution is 5.95. The maximum absolute atomic E-state index is 11.7. The van der Waals surface area contributed by atoms with E-state index in [1.807, 2.05) is 19.1 Å². The standard InChI is InChI=1S/C13H14O4/c1-3-16-13(15)11-7-9-6-8(2)4-5-10(9)12(14)17-11/h4-6,11H,3,7H2,1-2H3. The zero-order valence-corrected chi connectivity index (χ0v) is 9.86. The second kappa shape index (κ2) is 4.57. The van der Waals surface area contributed by atoms with E-state index in [0.717, 1.165) is 11.1 Å². The van der Waals surface area contributed by atoms with E-state index < -0.39 is 18.0 Å². The summed E-state index contributed by atoms with van der Waals surface area (Å²) in [6, 6.07) is 5.49. The highest BCUT2D eigenvalue weighted by atomic mass is 16.6. The highest BCUT2D eigenvalue weighted by Crippen LogP contribution is 2.22. The van der Waals surface area contributed by atoms with Crippen molar-refractivity contribution in [3.05, 3.63) is 34.9 Å². The van der Waals surface area contributed by atoms with Crippen LogP contribution in [-0.4, -0.2) is 24.6 Å². The summed E-state index contributed by atoms with van der Waals surface area (Å²) in [7, 11) is 0. The number of cyclic esters (lactones) is 1. The molecule has 1 aromatic carbocycles. The number of carbonyl (C=O) groups excluding carboxylic acids is 2. The summed E-state index contributed by atoms with van der Waals surface area (Å²) >= 11 is 0. The number of rotatable bonds is 2. The Morgan fingerprint density at radius 3 is 3.00 bits per heavy atom. The maximum Gasteiger partial charge on any atom is 0.347 e. The second-order valence-electron chi connectivity index (χ2n) is 4.01. The summed E-state index contributed by atoms with van der Waals surface area (Å²) < 4.78 is 9.91. The van der Waals surface area contributed by atoms with Crippen LogP contribution in [0.5, 0.6) is 0 Å². The monoisotopic (exact) mass is 234 g/mol. The van der Waals surface area contributed by atoms with Gasteiger partial charge in [0.15, 0.2) is 0 Å². The Labute approximate surface area is 99.5 Å². The molecule has 1 aliphatic rings. The minimum absolute atomic E-state index is 0.285. The molecule has 0 radical (unpaired) electrons. The van der Waals surface area contributed by atoms with Gasteiger partial charge in [-0.1, -0.05) is 17.7 Å². The van der Waals surface area contributed by atoms with E-state index in [-0.39, 0.29) is 6.61 Å². The molecule has 17 heavy (non-hydrogen) atoms. The molecule has 0 bridgehead atoms. The number of esters is 2. The van der Waals surface area contributed by atoms with Crippen LogP contribution in [0.25, 0.3) is 0 Å². The Kier molecular flexibility index (Phi) is 3.13. The van der Waals surface area contributed by atoms with Crippen molar-refractivity contribution in [2.24, 2.45) is 0 Å². The molecule has 90 valence electrons. The molecular weight excluding hydrogens is 220 g/mol. The third kappa shape index (κ3) is 2.30. The Morgan fingerprint density at radius 2 is 2.29 bits per heavy atom. The van der Waals surface area contributed by atoms with Gasteiger partial charge in [-0.2, -0.15) is 0 Å². The van der Waals surface area contributed by atoms with Crippen molar-refractivity contribution in [3.63, 3.8) is 0 Å². The molecule has 4 heteroatoms. The van der Waals surface area contributed by atoms with Crippen molar-refractivity contribution in [2.45, 2.75) is 26.4 Å². The summed E-state index contributed by atoms with van der Waals surface area (Å²) in [6.45, 7) is 3.95. The molecule has 1 aliphatic heterocycles. The van der Waals surface area contributed by atoms with E-state index >= 15 is 0 Å². The summed E-state index contributed by atoms with van der Waals surface area (Å²) in [5.41, 5.74) is 2.44. The van der Waals surface area contributed by atoms with E-state index in [2.05, 4.69) is 0 Å². The van der Waals surface area contributed by atoms with E-state index in [9.17, 15) is 9.59 Å². The molecule has 0 N–H and O–H groups in total. The molecule has 0 amide bonds. The van der Waals surface area contributed by atoms with Crippen molar-refractivity contribution in [1.29, 1.82) is 0 Å². The van der Waals surface area contributed by atoms with Crippen molar-refractivity contribution >= 4 is 11.9 Å². The largest absolute Gasteiger partial charge is 0.463 e. The van der Waals surface area contributed by atoms with Crippen molar-refractivity contribution in [1.82, 2.24) is 0 Å². The summed E-state index contributed by atoms with van der Waals surface area (Å²) in [4.78, 5) is 23.2. The summed E-state index contributed by atoms with van der Waals surface area (Å²) in [5, 5.41) is 0. The fourth-order valence-electron chi connectivity index (χ4n) is 1.89. The number of benzene rings is 1. The Hall–Kier alpha value is -1.84. The lowest BCUT2D eigenvalue weighted by Gasteiger charge is -2.23. The number of hydrogen-bond acceptors (Lipinski definition) is 4. The van der Waals surface area contributed by atoms with Crippen molar-refractivity contribution in [2.75, 3.05) is 6.61 Å². The predicted octanol–water partition coefficient (Wildman–Crippen LogP) is 1.64. The van der Waals surface area contributed by atoms with Gasteiger partial charge >= 0.3 is 11.9 Å². The zero-order chi connectivity index (χ0) is 12.4. The average Bonchev–Trinajstić information content (AvgIpc) is 2.28. The molecule has 1 heterocycles. The second-order valence-corrected chi connectivity index (χ2v) is 4.01. The SMILES string of the molecule is CCOC(=O)C1Cc2cc(C)ccc2C(=O)O1. The first-order chi connectivity index (χ1) is 8.11. The van der Waals surface area contributed by atoms with E-state index in [1.165, 1.54) is 0 Å². The minimum atomic E-state index is -0.809. The average molecular weight is 234 g/mol. The molecule has 4 nitrogen and oxygen atoms in total. The third-order valence-electron chi connectivity index (χ3n) is 2.68. The number of fused-ring (bicyclic) bond motifs is 1. The topological polar surface area (TPSA) is 52.6 Å². The van der Waals surface area contributed by atoms with Gasteiger partial charge < -0.3 is 9.47 Å². The van der Waals surface area contributed by atoms with Crippen LogP contribution in [0, 0.1) is 6.92 Å². The lowest BCUT2D eigenvalue weighted by molar-refractivity contribution is -0.153. The van der Waals surface area contributed by atoms with Crippen LogP contribution < -0.4 is 0 Å². The highest BCUT2D eigenvalue weighted by Gasteiger charge is 2.32. The molecule has 1 aromatic rings. The number of hydrogen-bond donors (Lipinski definition) is 0. The van der Waals surface area contributed by atoms with Gasteiger partial charge in [0.1, 0.15) is 0 Å². The van der Waals surface area contributed by atoms with Gasteiger partial charge in [-0.25, -0.2) is 9.59 Å². The third-order valence-corrected chi connectivity index (χ3v) is 2.68. The minimum Gasteiger partial charge on any atom is -0.463 e. The van der Waals surface area contributed by atoms with Crippen LogP contribution in [0.3, 0.4) is 0 Å². The van der Waals surface area contributed by atoms with Crippen LogP contribution in [0.2, 0.25) is 0 Å². The van der Waals surface area contributed by atoms with Gasteiger partial charge in [0, 0.05) is 6.42 Å². The van der Waals surface area contributed by atoms with Gasteiger partial charge in [0.05, 0.1) is 12.2 Å². The molecule has 0 fully saturated rings. The predicted molar refractivity (Wildman–Crippen MR) is 60.7 cm³/mol. The first-order valence-electron chi connectivity index (χ1n) is 5.59. The lowest BCUT2D eigenvalue weighted by Crippen LogP contribution is -2.35. The van der Waals surface area contributed by atoms with E-state index in [1.54, 1.807) is 13.0 Å². The molecule has 2 rings (SSSR count). The smallest absolute Gasteiger partial charge is 0.347 e. The molecule has 0 aliphatic carbocycles. The van der Waals surface area contributed by atoms with Gasteiger partial charge in [-0.3, -0.25) is 0 Å². The first-order valence-corrected chi connectivity index (χ1v) is 5.59. The maximum atomic E-state index is 11.7. The van der Waals surface area contributed by atoms with Crippen LogP contribution in [0.4, 0.5) is 0 Å². The zero-order valence-electron chi connectivity index (χ0n) is 9.86. The van der Waals surface area contributed by atoms with Crippen LogP contribution in [0.15, 0.2) is 18.2 Å². The normalized spacial score (nSPS) is 18.2. The molecule has 0 aromatic heterocycles. The fraction of sp³-hybridized carbons (Fsp3) is 0.385. The van der Waals surface area contributed by atoms with Crippen molar-refractivity contribution < 1.29 is 19.1 Å². The van der Waals surface area contributed by atoms with E-state index in [0.29, 0.717) is 12.0 Å².